The summed E-state index contributed by atoms with van der Waals surface area (Å²) in [7, 11) is 0. The summed E-state index contributed by atoms with van der Waals surface area (Å²) < 4.78 is 38.2. The first-order valence-electron chi connectivity index (χ1n) is 4.90. The molecule has 2 aromatic rings. The molecule has 0 fully saturated rings. The minimum absolute atomic E-state index is 0.273. The molecule has 0 unspecified atom stereocenters. The summed E-state index contributed by atoms with van der Waals surface area (Å²) in [6.07, 6.45) is -3.07. The highest BCUT2D eigenvalue weighted by molar-refractivity contribution is 7.11. The SMILES string of the molecule is Cc1nc(Cn2ccc(C(F)(F)F)n2)sc1C. The third kappa shape index (κ3) is 2.66. The molecule has 0 aliphatic carbocycles. The quantitative estimate of drug-likeness (QED) is 0.832. The molecule has 2 rings (SSSR count). The van der Waals surface area contributed by atoms with Crippen LogP contribution in [-0.4, -0.2) is 14.8 Å². The minimum atomic E-state index is -4.39. The Morgan fingerprint density at radius 2 is 2.06 bits per heavy atom. The molecular formula is C10H10F3N3S. The number of nitrogens with zero attached hydrogens (tertiary/aromatic N) is 3. The van der Waals surface area contributed by atoms with E-state index in [-0.39, 0.29) is 6.54 Å². The van der Waals surface area contributed by atoms with Crippen LogP contribution in [0.5, 0.6) is 0 Å². The largest absolute Gasteiger partial charge is 0.435 e. The fraction of sp³-hybridized carbons (Fsp3) is 0.400. The van der Waals surface area contributed by atoms with E-state index in [0.717, 1.165) is 21.6 Å². The Morgan fingerprint density at radius 3 is 2.53 bits per heavy atom. The second kappa shape index (κ2) is 4.14. The zero-order chi connectivity index (χ0) is 12.6. The zero-order valence-electron chi connectivity index (χ0n) is 9.25. The van der Waals surface area contributed by atoms with Crippen molar-refractivity contribution in [3.63, 3.8) is 0 Å². The number of aromatic nitrogens is 3. The van der Waals surface area contributed by atoms with Gasteiger partial charge in [0.2, 0.25) is 0 Å². The lowest BCUT2D eigenvalue weighted by atomic mass is 10.4. The number of hydrogen-bond donors (Lipinski definition) is 0. The molecule has 3 nitrogen and oxygen atoms in total. The van der Waals surface area contributed by atoms with Gasteiger partial charge in [0, 0.05) is 11.1 Å². The Kier molecular flexibility index (Phi) is 2.94. The van der Waals surface area contributed by atoms with Crippen molar-refractivity contribution in [1.29, 1.82) is 0 Å². The number of thiazole rings is 1. The highest BCUT2D eigenvalue weighted by Gasteiger charge is 2.33. The number of halogens is 3. The molecule has 2 heterocycles. The maximum atomic E-state index is 12.3. The van der Waals surface area contributed by atoms with E-state index >= 15 is 0 Å². The smallest absolute Gasteiger partial charge is 0.265 e. The van der Waals surface area contributed by atoms with Gasteiger partial charge in [0.1, 0.15) is 5.01 Å². The van der Waals surface area contributed by atoms with Crippen molar-refractivity contribution < 1.29 is 13.2 Å². The normalized spacial score (nSPS) is 12.1. The predicted molar refractivity (Wildman–Crippen MR) is 57.9 cm³/mol. The summed E-state index contributed by atoms with van der Waals surface area (Å²) in [4.78, 5) is 5.33. The molecule has 0 spiro atoms. The molecule has 0 N–H and O–H groups in total. The summed E-state index contributed by atoms with van der Waals surface area (Å²) >= 11 is 1.47. The van der Waals surface area contributed by atoms with Crippen LogP contribution >= 0.6 is 11.3 Å². The van der Waals surface area contributed by atoms with Gasteiger partial charge in [-0.2, -0.15) is 18.3 Å². The van der Waals surface area contributed by atoms with E-state index in [1.165, 1.54) is 22.2 Å². The van der Waals surface area contributed by atoms with Crippen LogP contribution in [-0.2, 0) is 12.7 Å². The van der Waals surface area contributed by atoms with Gasteiger partial charge in [-0.1, -0.05) is 0 Å². The first-order chi connectivity index (χ1) is 7.86. The summed E-state index contributed by atoms with van der Waals surface area (Å²) in [6.45, 7) is 4.08. The van der Waals surface area contributed by atoms with Crippen LogP contribution in [0, 0.1) is 13.8 Å². The minimum Gasteiger partial charge on any atom is -0.265 e. The third-order valence-corrected chi connectivity index (χ3v) is 3.36. The highest BCUT2D eigenvalue weighted by Crippen LogP contribution is 2.27. The van der Waals surface area contributed by atoms with Crippen molar-refractivity contribution >= 4 is 11.3 Å². The lowest BCUT2D eigenvalue weighted by molar-refractivity contribution is -0.141. The van der Waals surface area contributed by atoms with Gasteiger partial charge < -0.3 is 0 Å². The molecule has 7 heteroatoms. The average Bonchev–Trinajstić information content (AvgIpc) is 2.75. The van der Waals surface area contributed by atoms with Crippen LogP contribution in [0.15, 0.2) is 12.3 Å². The van der Waals surface area contributed by atoms with Crippen molar-refractivity contribution in [2.45, 2.75) is 26.6 Å². The van der Waals surface area contributed by atoms with Crippen molar-refractivity contribution in [3.05, 3.63) is 33.5 Å². The molecule has 0 atom stereocenters. The summed E-state index contributed by atoms with van der Waals surface area (Å²) in [5.41, 5.74) is 0.0377. The van der Waals surface area contributed by atoms with Gasteiger partial charge in [-0.15, -0.1) is 11.3 Å². The molecule has 0 amide bonds. The van der Waals surface area contributed by atoms with Gasteiger partial charge >= 0.3 is 6.18 Å². The third-order valence-electron chi connectivity index (χ3n) is 2.30. The Morgan fingerprint density at radius 1 is 1.35 bits per heavy atom. The fourth-order valence-corrected chi connectivity index (χ4v) is 2.27. The van der Waals surface area contributed by atoms with Crippen LogP contribution in [0.4, 0.5) is 13.2 Å². The summed E-state index contributed by atoms with van der Waals surface area (Å²) in [5, 5.41) is 4.24. The molecule has 92 valence electrons. The Bertz CT molecular complexity index is 508. The van der Waals surface area contributed by atoms with Crippen molar-refractivity contribution in [2.24, 2.45) is 0 Å². The predicted octanol–water partition coefficient (Wildman–Crippen LogP) is 3.02. The molecule has 0 saturated heterocycles. The maximum Gasteiger partial charge on any atom is 0.435 e. The number of aryl methyl sites for hydroxylation is 2. The van der Waals surface area contributed by atoms with Gasteiger partial charge in [-0.25, -0.2) is 4.98 Å². The first kappa shape index (κ1) is 12.1. The molecule has 0 aliphatic rings. The van der Waals surface area contributed by atoms with Crippen LogP contribution in [0.1, 0.15) is 21.3 Å². The number of hydrogen-bond acceptors (Lipinski definition) is 3. The molecular weight excluding hydrogens is 251 g/mol. The zero-order valence-corrected chi connectivity index (χ0v) is 10.1. The second-order valence-electron chi connectivity index (χ2n) is 3.65. The monoisotopic (exact) mass is 261 g/mol. The second-order valence-corrected chi connectivity index (χ2v) is 4.93. The van der Waals surface area contributed by atoms with Gasteiger partial charge in [0.25, 0.3) is 0 Å². The lowest BCUT2D eigenvalue weighted by Gasteiger charge is -2.01. The maximum absolute atomic E-state index is 12.3. The van der Waals surface area contributed by atoms with E-state index in [0.29, 0.717) is 0 Å². The van der Waals surface area contributed by atoms with Crippen molar-refractivity contribution in [2.75, 3.05) is 0 Å². The van der Waals surface area contributed by atoms with Gasteiger partial charge in [0.15, 0.2) is 5.69 Å². The number of alkyl halides is 3. The standard InChI is InChI=1S/C10H10F3N3S/c1-6-7(2)17-9(14-6)5-16-4-3-8(15-16)10(11,12)13/h3-4H,5H2,1-2H3. The van der Waals surface area contributed by atoms with E-state index in [1.807, 2.05) is 13.8 Å². The first-order valence-corrected chi connectivity index (χ1v) is 5.71. The molecule has 0 saturated carbocycles. The molecule has 0 radical (unpaired) electrons. The Balaban J connectivity index is 2.17. The van der Waals surface area contributed by atoms with E-state index < -0.39 is 11.9 Å². The molecule has 17 heavy (non-hydrogen) atoms. The van der Waals surface area contributed by atoms with E-state index in [1.54, 1.807) is 0 Å². The molecule has 0 aliphatic heterocycles. The Hall–Kier alpha value is -1.37. The Labute approximate surface area is 99.9 Å². The van der Waals surface area contributed by atoms with Crippen LogP contribution in [0.2, 0.25) is 0 Å². The topological polar surface area (TPSA) is 30.7 Å². The van der Waals surface area contributed by atoms with Crippen LogP contribution in [0.3, 0.4) is 0 Å². The van der Waals surface area contributed by atoms with Crippen molar-refractivity contribution in [3.8, 4) is 0 Å². The van der Waals surface area contributed by atoms with Crippen molar-refractivity contribution in [1.82, 2.24) is 14.8 Å². The summed E-state index contributed by atoms with van der Waals surface area (Å²) in [5.74, 6) is 0. The van der Waals surface area contributed by atoms with E-state index in [9.17, 15) is 13.2 Å². The van der Waals surface area contributed by atoms with E-state index in [4.69, 9.17) is 0 Å². The summed E-state index contributed by atoms with van der Waals surface area (Å²) in [6, 6.07) is 0.966. The van der Waals surface area contributed by atoms with Gasteiger partial charge in [-0.3, -0.25) is 4.68 Å². The lowest BCUT2D eigenvalue weighted by Crippen LogP contribution is -2.08. The van der Waals surface area contributed by atoms with Gasteiger partial charge in [0.05, 0.1) is 12.2 Å². The highest BCUT2D eigenvalue weighted by atomic mass is 32.1. The fourth-order valence-electron chi connectivity index (χ4n) is 1.35. The molecule has 2 aromatic heterocycles. The number of rotatable bonds is 2. The van der Waals surface area contributed by atoms with Crippen LogP contribution < -0.4 is 0 Å². The van der Waals surface area contributed by atoms with Crippen LogP contribution in [0.25, 0.3) is 0 Å². The molecule has 0 bridgehead atoms. The van der Waals surface area contributed by atoms with E-state index in [2.05, 4.69) is 10.1 Å². The molecule has 0 aromatic carbocycles. The average molecular weight is 261 g/mol. The van der Waals surface area contributed by atoms with Gasteiger partial charge in [-0.05, 0) is 19.9 Å².